The highest BCUT2D eigenvalue weighted by atomic mass is 32.1. The number of benzene rings is 1. The zero-order valence-corrected chi connectivity index (χ0v) is 11.1. The molecule has 0 saturated carbocycles. The molecule has 94 valence electrons. The van der Waals surface area contributed by atoms with Crippen molar-refractivity contribution in [1.82, 2.24) is 5.32 Å². The molecule has 3 rings (SSSR count). The fourth-order valence-electron chi connectivity index (χ4n) is 3.13. The van der Waals surface area contributed by atoms with Gasteiger partial charge >= 0.3 is 5.97 Å². The quantitative estimate of drug-likeness (QED) is 0.619. The molecule has 1 heterocycles. The maximum absolute atomic E-state index is 11.8. The second kappa shape index (κ2) is 4.05. The summed E-state index contributed by atoms with van der Waals surface area (Å²) < 4.78 is 4.85. The molecule has 0 bridgehead atoms. The molecule has 1 spiro atoms. The summed E-state index contributed by atoms with van der Waals surface area (Å²) in [6, 6.07) is 5.86. The third-order valence-electron chi connectivity index (χ3n) is 4.09. The van der Waals surface area contributed by atoms with E-state index in [-0.39, 0.29) is 11.4 Å². The van der Waals surface area contributed by atoms with Crippen LogP contribution in [0, 0.1) is 5.41 Å². The van der Waals surface area contributed by atoms with Crippen molar-refractivity contribution in [1.29, 1.82) is 0 Å². The smallest absolute Gasteiger partial charge is 0.338 e. The summed E-state index contributed by atoms with van der Waals surface area (Å²) >= 11 is 5.45. The van der Waals surface area contributed by atoms with Gasteiger partial charge < -0.3 is 10.1 Å². The third-order valence-corrected chi connectivity index (χ3v) is 4.67. The number of hydrogen-bond donors (Lipinski definition) is 1. The number of carbonyl (C=O) groups is 1. The van der Waals surface area contributed by atoms with Crippen molar-refractivity contribution in [2.45, 2.75) is 19.3 Å². The average molecular weight is 261 g/mol. The Morgan fingerprint density at radius 1 is 1.44 bits per heavy atom. The Balaban J connectivity index is 2.03. The predicted molar refractivity (Wildman–Crippen MR) is 72.8 cm³/mol. The van der Waals surface area contributed by atoms with E-state index in [1.54, 1.807) is 0 Å². The van der Waals surface area contributed by atoms with Gasteiger partial charge in [0.05, 0.1) is 17.7 Å². The molecule has 1 aromatic rings. The molecule has 3 nitrogen and oxygen atoms in total. The minimum atomic E-state index is -0.249. The molecule has 1 N–H and O–H groups in total. The SMILES string of the molecule is COC(=O)c1cccc2c1CC1(CCNC1=S)C2. The molecule has 0 aromatic heterocycles. The van der Waals surface area contributed by atoms with Gasteiger partial charge in [-0.2, -0.15) is 0 Å². The van der Waals surface area contributed by atoms with Crippen molar-refractivity contribution in [3.8, 4) is 0 Å². The Bertz CT molecular complexity index is 541. The van der Waals surface area contributed by atoms with Gasteiger partial charge in [0.2, 0.25) is 0 Å². The lowest BCUT2D eigenvalue weighted by molar-refractivity contribution is 0.0599. The van der Waals surface area contributed by atoms with E-state index in [0.717, 1.165) is 36.4 Å². The zero-order valence-electron chi connectivity index (χ0n) is 10.3. The summed E-state index contributed by atoms with van der Waals surface area (Å²) in [5.41, 5.74) is 3.10. The van der Waals surface area contributed by atoms with Crippen LogP contribution in [-0.4, -0.2) is 24.6 Å². The second-order valence-electron chi connectivity index (χ2n) is 5.07. The van der Waals surface area contributed by atoms with Gasteiger partial charge in [-0.05, 0) is 36.5 Å². The third kappa shape index (κ3) is 1.56. The Morgan fingerprint density at radius 2 is 2.28 bits per heavy atom. The first-order valence-electron chi connectivity index (χ1n) is 6.14. The topological polar surface area (TPSA) is 38.3 Å². The van der Waals surface area contributed by atoms with Crippen LogP contribution in [0.5, 0.6) is 0 Å². The van der Waals surface area contributed by atoms with Crippen molar-refractivity contribution in [3.63, 3.8) is 0 Å². The normalized spacial score (nSPS) is 25.1. The standard InChI is InChI=1S/C14H15NO2S/c1-17-12(16)10-4-2-3-9-7-14(8-11(9)10)5-6-15-13(14)18/h2-4H,5-8H2,1H3,(H,15,18). The van der Waals surface area contributed by atoms with Crippen LogP contribution in [0.1, 0.15) is 27.9 Å². The number of hydrogen-bond acceptors (Lipinski definition) is 3. The highest BCUT2D eigenvalue weighted by Crippen LogP contribution is 2.43. The fourth-order valence-corrected chi connectivity index (χ4v) is 3.48. The highest BCUT2D eigenvalue weighted by Gasteiger charge is 2.45. The van der Waals surface area contributed by atoms with E-state index in [1.165, 1.54) is 12.7 Å². The van der Waals surface area contributed by atoms with Crippen molar-refractivity contribution >= 4 is 23.2 Å². The van der Waals surface area contributed by atoms with E-state index in [2.05, 4.69) is 11.4 Å². The van der Waals surface area contributed by atoms with Crippen LogP contribution in [0.2, 0.25) is 0 Å². The summed E-state index contributed by atoms with van der Waals surface area (Å²) in [7, 11) is 1.42. The molecule has 2 aliphatic rings. The largest absolute Gasteiger partial charge is 0.465 e. The number of thiocarbonyl (C=S) groups is 1. The Hall–Kier alpha value is -1.42. The molecular formula is C14H15NO2S. The van der Waals surface area contributed by atoms with Crippen LogP contribution in [0.4, 0.5) is 0 Å². The minimum absolute atomic E-state index is 0.0434. The summed E-state index contributed by atoms with van der Waals surface area (Å²) in [6.45, 7) is 0.945. The molecule has 1 saturated heterocycles. The first-order chi connectivity index (χ1) is 8.66. The van der Waals surface area contributed by atoms with E-state index in [4.69, 9.17) is 17.0 Å². The van der Waals surface area contributed by atoms with Gasteiger partial charge in [0, 0.05) is 12.0 Å². The number of fused-ring (bicyclic) bond motifs is 1. The number of carbonyl (C=O) groups excluding carboxylic acids is 1. The highest BCUT2D eigenvalue weighted by molar-refractivity contribution is 7.80. The molecule has 0 radical (unpaired) electrons. The minimum Gasteiger partial charge on any atom is -0.465 e. The molecule has 1 unspecified atom stereocenters. The first kappa shape index (κ1) is 11.7. The predicted octanol–water partition coefficient (Wildman–Crippen LogP) is 1.88. The second-order valence-corrected chi connectivity index (χ2v) is 5.48. The lowest BCUT2D eigenvalue weighted by Crippen LogP contribution is -2.30. The lowest BCUT2D eigenvalue weighted by Gasteiger charge is -2.21. The van der Waals surface area contributed by atoms with Gasteiger partial charge in [0.15, 0.2) is 0 Å². The maximum atomic E-state index is 11.8. The van der Waals surface area contributed by atoms with Crippen LogP contribution < -0.4 is 5.32 Å². The molecule has 1 atom stereocenters. The van der Waals surface area contributed by atoms with E-state index in [9.17, 15) is 4.79 Å². The molecule has 0 amide bonds. The number of esters is 1. The van der Waals surface area contributed by atoms with Crippen LogP contribution in [-0.2, 0) is 17.6 Å². The van der Waals surface area contributed by atoms with Gasteiger partial charge in [-0.1, -0.05) is 24.4 Å². The lowest BCUT2D eigenvalue weighted by atomic mass is 9.84. The molecule has 1 aromatic carbocycles. The van der Waals surface area contributed by atoms with Gasteiger partial charge in [-0.15, -0.1) is 0 Å². The maximum Gasteiger partial charge on any atom is 0.338 e. The van der Waals surface area contributed by atoms with Gasteiger partial charge in [-0.3, -0.25) is 0 Å². The van der Waals surface area contributed by atoms with E-state index in [0.29, 0.717) is 5.56 Å². The molecular weight excluding hydrogens is 246 g/mol. The summed E-state index contributed by atoms with van der Waals surface area (Å²) in [4.78, 5) is 12.7. The monoisotopic (exact) mass is 261 g/mol. The first-order valence-corrected chi connectivity index (χ1v) is 6.54. The summed E-state index contributed by atoms with van der Waals surface area (Å²) in [5, 5.41) is 3.27. The van der Waals surface area contributed by atoms with Crippen LogP contribution in [0.15, 0.2) is 18.2 Å². The molecule has 1 aliphatic carbocycles. The Labute approximate surface area is 112 Å². The fraction of sp³-hybridized carbons (Fsp3) is 0.429. The van der Waals surface area contributed by atoms with Gasteiger partial charge in [0.1, 0.15) is 0 Å². The van der Waals surface area contributed by atoms with Crippen LogP contribution in [0.25, 0.3) is 0 Å². The van der Waals surface area contributed by atoms with Gasteiger partial charge in [0.25, 0.3) is 0 Å². The Morgan fingerprint density at radius 3 is 2.94 bits per heavy atom. The molecule has 18 heavy (non-hydrogen) atoms. The van der Waals surface area contributed by atoms with E-state index in [1.807, 2.05) is 12.1 Å². The van der Waals surface area contributed by atoms with Crippen molar-refractivity contribution < 1.29 is 9.53 Å². The van der Waals surface area contributed by atoms with Crippen molar-refractivity contribution in [2.75, 3.05) is 13.7 Å². The number of ether oxygens (including phenoxy) is 1. The molecule has 1 fully saturated rings. The van der Waals surface area contributed by atoms with Crippen LogP contribution >= 0.6 is 12.2 Å². The van der Waals surface area contributed by atoms with Crippen LogP contribution in [0.3, 0.4) is 0 Å². The van der Waals surface area contributed by atoms with Gasteiger partial charge in [-0.25, -0.2) is 4.79 Å². The van der Waals surface area contributed by atoms with Crippen molar-refractivity contribution in [3.05, 3.63) is 34.9 Å². The summed E-state index contributed by atoms with van der Waals surface area (Å²) in [6.07, 6.45) is 2.86. The van der Waals surface area contributed by atoms with E-state index >= 15 is 0 Å². The molecule has 4 heteroatoms. The molecule has 1 aliphatic heterocycles. The Kier molecular flexibility index (Phi) is 2.63. The summed E-state index contributed by atoms with van der Waals surface area (Å²) in [5.74, 6) is -0.249. The van der Waals surface area contributed by atoms with E-state index < -0.39 is 0 Å². The number of nitrogens with one attached hydrogen (secondary N) is 1. The average Bonchev–Trinajstić information content (AvgIpc) is 2.92. The van der Waals surface area contributed by atoms with Crippen molar-refractivity contribution in [2.24, 2.45) is 5.41 Å². The zero-order chi connectivity index (χ0) is 12.8. The number of methoxy groups -OCH3 is 1. The number of rotatable bonds is 1.